The van der Waals surface area contributed by atoms with Gasteiger partial charge in [-0.25, -0.2) is 9.78 Å². The Balaban J connectivity index is 1.99. The number of thiazole rings is 1. The topological polar surface area (TPSA) is 74.2 Å². The van der Waals surface area contributed by atoms with Gasteiger partial charge in [0.15, 0.2) is 5.13 Å². The molecule has 0 radical (unpaired) electrons. The van der Waals surface area contributed by atoms with E-state index in [0.717, 1.165) is 18.1 Å². The Hall–Kier alpha value is -1.30. The second-order valence-electron chi connectivity index (χ2n) is 2.35. The molecule has 1 amide bonds. The van der Waals surface area contributed by atoms with Gasteiger partial charge in [-0.05, 0) is 6.42 Å². The van der Waals surface area contributed by atoms with Gasteiger partial charge in [-0.3, -0.25) is 0 Å². The molecule has 0 saturated heterocycles. The second-order valence-corrected chi connectivity index (χ2v) is 3.24. The fraction of sp³-hybridized carbons (Fsp3) is 0.429. The number of rotatable bonds is 5. The number of carboxylic acid groups (broad SMARTS) is 1. The highest BCUT2D eigenvalue weighted by molar-refractivity contribution is 7.13. The van der Waals surface area contributed by atoms with E-state index in [0.29, 0.717) is 6.54 Å². The Labute approximate surface area is 79.8 Å². The van der Waals surface area contributed by atoms with Crippen LogP contribution in [0.4, 0.5) is 9.93 Å². The minimum atomic E-state index is -0.978. The van der Waals surface area contributed by atoms with Crippen LogP contribution in [-0.2, 0) is 0 Å². The third-order valence-electron chi connectivity index (χ3n) is 1.34. The summed E-state index contributed by atoms with van der Waals surface area (Å²) < 4.78 is 0. The molecule has 72 valence electrons. The largest absolute Gasteiger partial charge is 0.465 e. The zero-order valence-electron chi connectivity index (χ0n) is 6.99. The van der Waals surface area contributed by atoms with Crippen molar-refractivity contribution in [2.24, 2.45) is 0 Å². The van der Waals surface area contributed by atoms with Gasteiger partial charge < -0.3 is 15.7 Å². The van der Waals surface area contributed by atoms with Crippen LogP contribution < -0.4 is 10.6 Å². The van der Waals surface area contributed by atoms with Crippen LogP contribution in [0, 0.1) is 0 Å². The Morgan fingerprint density at radius 2 is 2.46 bits per heavy atom. The van der Waals surface area contributed by atoms with E-state index in [1.165, 1.54) is 11.3 Å². The van der Waals surface area contributed by atoms with Crippen molar-refractivity contribution in [3.05, 3.63) is 11.6 Å². The van der Waals surface area contributed by atoms with E-state index in [-0.39, 0.29) is 0 Å². The Bertz CT molecular complexity index is 250. The van der Waals surface area contributed by atoms with Gasteiger partial charge >= 0.3 is 6.09 Å². The van der Waals surface area contributed by atoms with Crippen LogP contribution in [0.5, 0.6) is 0 Å². The Morgan fingerprint density at radius 1 is 1.62 bits per heavy atom. The van der Waals surface area contributed by atoms with Crippen molar-refractivity contribution in [3.63, 3.8) is 0 Å². The van der Waals surface area contributed by atoms with E-state index in [1.54, 1.807) is 6.20 Å². The summed E-state index contributed by atoms with van der Waals surface area (Å²) in [6, 6.07) is 0. The predicted octanol–water partition coefficient (Wildman–Crippen LogP) is 1.21. The van der Waals surface area contributed by atoms with Crippen molar-refractivity contribution < 1.29 is 9.90 Å². The molecular formula is C7H11N3O2S. The molecule has 1 aromatic rings. The second kappa shape index (κ2) is 5.36. The third-order valence-corrected chi connectivity index (χ3v) is 2.07. The monoisotopic (exact) mass is 201 g/mol. The van der Waals surface area contributed by atoms with Crippen LogP contribution in [0.25, 0.3) is 0 Å². The average Bonchev–Trinajstić information content (AvgIpc) is 2.55. The van der Waals surface area contributed by atoms with Gasteiger partial charge in [0.2, 0.25) is 0 Å². The van der Waals surface area contributed by atoms with Gasteiger partial charge in [-0.15, -0.1) is 11.3 Å². The average molecular weight is 201 g/mol. The maximum absolute atomic E-state index is 10.0. The zero-order valence-corrected chi connectivity index (χ0v) is 7.80. The maximum atomic E-state index is 10.0. The van der Waals surface area contributed by atoms with Gasteiger partial charge in [0.05, 0.1) is 0 Å². The van der Waals surface area contributed by atoms with E-state index >= 15 is 0 Å². The minimum Gasteiger partial charge on any atom is -0.465 e. The van der Waals surface area contributed by atoms with Crippen LogP contribution >= 0.6 is 11.3 Å². The highest BCUT2D eigenvalue weighted by Crippen LogP contribution is 2.09. The molecule has 1 aromatic heterocycles. The normalized spacial score (nSPS) is 9.54. The first kappa shape index (κ1) is 9.79. The standard InChI is InChI=1S/C7H11N3O2S/c11-7(12)10-3-1-2-8-6-9-4-5-13-6/h4-5,10H,1-3H2,(H,8,9)(H,11,12). The van der Waals surface area contributed by atoms with Gasteiger partial charge in [-0.2, -0.15) is 0 Å². The van der Waals surface area contributed by atoms with Crippen molar-refractivity contribution in [1.82, 2.24) is 10.3 Å². The SMILES string of the molecule is O=C(O)NCCCNc1nccs1. The number of nitrogens with zero attached hydrogens (tertiary/aromatic N) is 1. The molecule has 0 aliphatic carbocycles. The molecular weight excluding hydrogens is 190 g/mol. The predicted molar refractivity (Wildman–Crippen MR) is 51.2 cm³/mol. The number of aromatic nitrogens is 1. The first-order chi connectivity index (χ1) is 6.29. The summed E-state index contributed by atoms with van der Waals surface area (Å²) in [5.74, 6) is 0. The van der Waals surface area contributed by atoms with E-state index in [9.17, 15) is 4.79 Å². The first-order valence-electron chi connectivity index (χ1n) is 3.89. The first-order valence-corrected chi connectivity index (χ1v) is 4.77. The van der Waals surface area contributed by atoms with Gasteiger partial charge in [-0.1, -0.05) is 0 Å². The van der Waals surface area contributed by atoms with E-state index in [4.69, 9.17) is 5.11 Å². The number of amides is 1. The Kier molecular flexibility index (Phi) is 4.04. The zero-order chi connectivity index (χ0) is 9.52. The van der Waals surface area contributed by atoms with E-state index in [1.807, 2.05) is 5.38 Å². The summed E-state index contributed by atoms with van der Waals surface area (Å²) >= 11 is 1.53. The molecule has 5 nitrogen and oxygen atoms in total. The molecule has 1 rings (SSSR count). The lowest BCUT2D eigenvalue weighted by molar-refractivity contribution is 0.194. The molecule has 1 heterocycles. The van der Waals surface area contributed by atoms with Crippen LogP contribution in [0.2, 0.25) is 0 Å². The molecule has 0 unspecified atom stereocenters. The van der Waals surface area contributed by atoms with Gasteiger partial charge in [0.1, 0.15) is 0 Å². The number of carbonyl (C=O) groups is 1. The number of hydrogen-bond donors (Lipinski definition) is 3. The molecule has 0 spiro atoms. The number of hydrogen-bond acceptors (Lipinski definition) is 4. The summed E-state index contributed by atoms with van der Waals surface area (Å²) in [6.07, 6.45) is 1.50. The van der Waals surface area contributed by atoms with Crippen molar-refractivity contribution in [2.75, 3.05) is 18.4 Å². The molecule has 0 aliphatic rings. The fourth-order valence-electron chi connectivity index (χ4n) is 0.790. The van der Waals surface area contributed by atoms with Crippen molar-refractivity contribution in [2.45, 2.75) is 6.42 Å². The molecule has 0 aliphatic heterocycles. The lowest BCUT2D eigenvalue weighted by atomic mass is 10.4. The van der Waals surface area contributed by atoms with E-state index < -0.39 is 6.09 Å². The molecule has 0 atom stereocenters. The quantitative estimate of drug-likeness (QED) is 0.626. The van der Waals surface area contributed by atoms with E-state index in [2.05, 4.69) is 15.6 Å². The van der Waals surface area contributed by atoms with Crippen LogP contribution in [0.1, 0.15) is 6.42 Å². The molecule has 0 saturated carbocycles. The van der Waals surface area contributed by atoms with Gasteiger partial charge in [0.25, 0.3) is 0 Å². The minimum absolute atomic E-state index is 0.466. The summed E-state index contributed by atoms with van der Waals surface area (Å²) in [4.78, 5) is 14.1. The van der Waals surface area contributed by atoms with Crippen LogP contribution in [0.3, 0.4) is 0 Å². The fourth-order valence-corrected chi connectivity index (χ4v) is 1.35. The number of anilines is 1. The molecule has 6 heteroatoms. The highest BCUT2D eigenvalue weighted by Gasteiger charge is 1.94. The van der Waals surface area contributed by atoms with Crippen molar-refractivity contribution >= 4 is 22.6 Å². The van der Waals surface area contributed by atoms with Crippen LogP contribution in [-0.4, -0.2) is 29.3 Å². The van der Waals surface area contributed by atoms with Crippen LogP contribution in [0.15, 0.2) is 11.6 Å². The summed E-state index contributed by atoms with van der Waals surface area (Å²) in [7, 11) is 0. The highest BCUT2D eigenvalue weighted by atomic mass is 32.1. The maximum Gasteiger partial charge on any atom is 0.404 e. The lowest BCUT2D eigenvalue weighted by Gasteiger charge is -2.01. The smallest absolute Gasteiger partial charge is 0.404 e. The molecule has 0 aromatic carbocycles. The Morgan fingerprint density at radius 3 is 3.08 bits per heavy atom. The third kappa shape index (κ3) is 4.32. The summed E-state index contributed by atoms with van der Waals surface area (Å²) in [6.45, 7) is 1.20. The molecule has 0 fully saturated rings. The van der Waals surface area contributed by atoms with Crippen molar-refractivity contribution in [1.29, 1.82) is 0 Å². The molecule has 0 bridgehead atoms. The van der Waals surface area contributed by atoms with Gasteiger partial charge in [0, 0.05) is 24.7 Å². The summed E-state index contributed by atoms with van der Waals surface area (Å²) in [5.41, 5.74) is 0. The number of nitrogens with one attached hydrogen (secondary N) is 2. The lowest BCUT2D eigenvalue weighted by Crippen LogP contribution is -2.23. The molecule has 3 N–H and O–H groups in total. The molecule has 13 heavy (non-hydrogen) atoms. The summed E-state index contributed by atoms with van der Waals surface area (Å²) in [5, 5.41) is 16.4. The van der Waals surface area contributed by atoms with Crippen molar-refractivity contribution in [3.8, 4) is 0 Å².